The lowest BCUT2D eigenvalue weighted by atomic mass is 9.85. The third-order valence-corrected chi connectivity index (χ3v) is 9.40. The van der Waals surface area contributed by atoms with Crippen LogP contribution in [-0.4, -0.2) is 80.9 Å². The van der Waals surface area contributed by atoms with E-state index in [2.05, 4.69) is 31.0 Å². The predicted molar refractivity (Wildman–Crippen MR) is 154 cm³/mol. The van der Waals surface area contributed by atoms with E-state index in [0.29, 0.717) is 50.4 Å². The minimum Gasteiger partial charge on any atom is -0.463 e. The lowest BCUT2D eigenvalue weighted by Gasteiger charge is -2.36. The number of rotatable bonds is 7. The van der Waals surface area contributed by atoms with Gasteiger partial charge in [0.2, 0.25) is 10.0 Å². The van der Waals surface area contributed by atoms with Gasteiger partial charge in [0.05, 0.1) is 23.1 Å². The van der Waals surface area contributed by atoms with Gasteiger partial charge in [-0.05, 0) is 48.6 Å². The number of urea groups is 1. The third kappa shape index (κ3) is 6.40. The second-order valence-corrected chi connectivity index (χ2v) is 13.2. The normalized spacial score (nSPS) is 19.8. The Balaban J connectivity index is 1.63. The standard InChI is InChI=1S/C30H40N4O5S/c1-6-39-28(35)26-25(32(5)29(36)31-27(26)22-13-15-23(16-14-22)30(2,3)4)21-33-17-10-18-34(20-19-33)40(37,38)24-11-8-7-9-12-24/h7-9,11-16,27H,6,10,17-21H2,1-5H3,(H,31,36). The summed E-state index contributed by atoms with van der Waals surface area (Å²) in [6, 6.07) is 15.4. The van der Waals surface area contributed by atoms with Crippen molar-refractivity contribution >= 4 is 22.0 Å². The highest BCUT2D eigenvalue weighted by Crippen LogP contribution is 2.33. The molecule has 40 heavy (non-hydrogen) atoms. The van der Waals surface area contributed by atoms with Crippen molar-refractivity contribution in [2.45, 2.75) is 50.5 Å². The van der Waals surface area contributed by atoms with E-state index in [1.807, 2.05) is 24.3 Å². The molecule has 4 rings (SSSR count). The maximum absolute atomic E-state index is 13.4. The van der Waals surface area contributed by atoms with Crippen molar-refractivity contribution in [2.24, 2.45) is 0 Å². The Labute approximate surface area is 237 Å². The van der Waals surface area contributed by atoms with Gasteiger partial charge in [0.15, 0.2) is 0 Å². The topological polar surface area (TPSA) is 99.3 Å². The molecule has 0 radical (unpaired) electrons. The van der Waals surface area contributed by atoms with Gasteiger partial charge in [0.1, 0.15) is 0 Å². The Kier molecular flexibility index (Phi) is 9.02. The molecule has 1 atom stereocenters. The van der Waals surface area contributed by atoms with E-state index in [9.17, 15) is 18.0 Å². The van der Waals surface area contributed by atoms with Crippen LogP contribution < -0.4 is 5.32 Å². The second kappa shape index (κ2) is 12.1. The lowest BCUT2D eigenvalue weighted by Crippen LogP contribution is -2.49. The van der Waals surface area contributed by atoms with Gasteiger partial charge in [-0.2, -0.15) is 4.31 Å². The molecule has 2 aliphatic rings. The van der Waals surface area contributed by atoms with Crippen molar-refractivity contribution in [2.75, 3.05) is 46.4 Å². The molecule has 2 amide bonds. The number of nitrogens with one attached hydrogen (secondary N) is 1. The first kappa shape index (κ1) is 29.8. The molecule has 0 spiro atoms. The van der Waals surface area contributed by atoms with Gasteiger partial charge in [-0.25, -0.2) is 18.0 Å². The number of esters is 1. The molecule has 0 bridgehead atoms. The van der Waals surface area contributed by atoms with E-state index in [0.717, 1.165) is 11.1 Å². The number of likely N-dealkylation sites (N-methyl/N-ethyl adjacent to an activating group) is 1. The fourth-order valence-corrected chi connectivity index (χ4v) is 6.61. The summed E-state index contributed by atoms with van der Waals surface area (Å²) in [6.07, 6.45) is 0.627. The molecule has 10 heteroatoms. The Morgan fingerprint density at radius 1 is 1.00 bits per heavy atom. The minimum atomic E-state index is -3.61. The second-order valence-electron chi connectivity index (χ2n) is 11.2. The summed E-state index contributed by atoms with van der Waals surface area (Å²) < 4.78 is 33.4. The summed E-state index contributed by atoms with van der Waals surface area (Å²) >= 11 is 0. The Morgan fingerprint density at radius 3 is 2.30 bits per heavy atom. The van der Waals surface area contributed by atoms with E-state index in [-0.39, 0.29) is 22.9 Å². The van der Waals surface area contributed by atoms with Crippen molar-refractivity contribution in [1.82, 2.24) is 19.4 Å². The number of benzene rings is 2. The number of carbonyl (C=O) groups is 2. The molecule has 1 saturated heterocycles. The number of sulfonamides is 1. The minimum absolute atomic E-state index is 0.0336. The molecule has 0 aromatic heterocycles. The Hall–Kier alpha value is -3.21. The molecule has 1 fully saturated rings. The number of carbonyl (C=O) groups excluding carboxylic acids is 2. The van der Waals surface area contributed by atoms with E-state index < -0.39 is 22.0 Å². The van der Waals surface area contributed by atoms with Gasteiger partial charge in [-0.15, -0.1) is 0 Å². The quantitative estimate of drug-likeness (QED) is 0.509. The van der Waals surface area contributed by atoms with Gasteiger partial charge in [0, 0.05) is 38.9 Å². The van der Waals surface area contributed by atoms with Gasteiger partial charge in [-0.1, -0.05) is 63.2 Å². The predicted octanol–water partition coefficient (Wildman–Crippen LogP) is 3.89. The molecule has 0 saturated carbocycles. The number of hydrogen-bond donors (Lipinski definition) is 1. The Morgan fingerprint density at radius 2 is 1.68 bits per heavy atom. The number of ether oxygens (including phenoxy) is 1. The first-order valence-corrected chi connectivity index (χ1v) is 15.2. The fourth-order valence-electron chi connectivity index (χ4n) is 5.12. The van der Waals surface area contributed by atoms with Crippen molar-refractivity contribution in [1.29, 1.82) is 0 Å². The van der Waals surface area contributed by atoms with Gasteiger partial charge >= 0.3 is 12.0 Å². The van der Waals surface area contributed by atoms with E-state index in [1.165, 1.54) is 9.21 Å². The summed E-state index contributed by atoms with van der Waals surface area (Å²) in [7, 11) is -1.96. The zero-order valence-corrected chi connectivity index (χ0v) is 24.8. The lowest BCUT2D eigenvalue weighted by molar-refractivity contribution is -0.139. The largest absolute Gasteiger partial charge is 0.463 e. The van der Waals surface area contributed by atoms with Crippen LogP contribution in [0.4, 0.5) is 4.79 Å². The smallest absolute Gasteiger partial charge is 0.338 e. The van der Waals surface area contributed by atoms with E-state index >= 15 is 0 Å². The van der Waals surface area contributed by atoms with Crippen LogP contribution in [0.1, 0.15) is 51.3 Å². The highest BCUT2D eigenvalue weighted by atomic mass is 32.2. The van der Waals surface area contributed by atoms with Crippen LogP contribution in [0.25, 0.3) is 0 Å². The van der Waals surface area contributed by atoms with Gasteiger partial charge < -0.3 is 10.1 Å². The SMILES string of the molecule is CCOC(=O)C1=C(CN2CCCN(S(=O)(=O)c3ccccc3)CC2)N(C)C(=O)NC1c1ccc(C(C)(C)C)cc1. The van der Waals surface area contributed by atoms with Crippen LogP contribution >= 0.6 is 0 Å². The zero-order valence-electron chi connectivity index (χ0n) is 24.0. The first-order valence-electron chi connectivity index (χ1n) is 13.8. The zero-order chi connectivity index (χ0) is 29.1. The molecule has 1 unspecified atom stereocenters. The molecule has 2 aromatic carbocycles. The first-order chi connectivity index (χ1) is 18.9. The van der Waals surface area contributed by atoms with E-state index in [1.54, 1.807) is 44.3 Å². The molecule has 9 nitrogen and oxygen atoms in total. The Bertz CT molecular complexity index is 1350. The molecule has 2 aromatic rings. The molecule has 0 aliphatic carbocycles. The molecule has 2 heterocycles. The third-order valence-electron chi connectivity index (χ3n) is 7.48. The van der Waals surface area contributed by atoms with Gasteiger partial charge in [0.25, 0.3) is 0 Å². The number of amides is 2. The van der Waals surface area contributed by atoms with Crippen molar-refractivity contribution in [3.63, 3.8) is 0 Å². The number of hydrogen-bond acceptors (Lipinski definition) is 6. The molecule has 1 N–H and O–H groups in total. The maximum Gasteiger partial charge on any atom is 0.338 e. The molecule has 216 valence electrons. The molecule has 2 aliphatic heterocycles. The maximum atomic E-state index is 13.4. The van der Waals surface area contributed by atoms with E-state index in [4.69, 9.17) is 4.74 Å². The van der Waals surface area contributed by atoms with Crippen molar-refractivity contribution < 1.29 is 22.7 Å². The summed E-state index contributed by atoms with van der Waals surface area (Å²) in [5.41, 5.74) is 2.87. The summed E-state index contributed by atoms with van der Waals surface area (Å²) in [5, 5.41) is 2.98. The van der Waals surface area contributed by atoms with Crippen LogP contribution in [-0.2, 0) is 25.0 Å². The molecular formula is C30H40N4O5S. The fraction of sp³-hybridized carbons (Fsp3) is 0.467. The average Bonchev–Trinajstić information content (AvgIpc) is 3.17. The van der Waals surface area contributed by atoms with Crippen molar-refractivity contribution in [3.05, 3.63) is 77.0 Å². The number of nitrogens with zero attached hydrogens (tertiary/aromatic N) is 3. The van der Waals surface area contributed by atoms with Crippen molar-refractivity contribution in [3.8, 4) is 0 Å². The highest BCUT2D eigenvalue weighted by Gasteiger charge is 2.38. The summed E-state index contributed by atoms with van der Waals surface area (Å²) in [5.74, 6) is -0.475. The molecular weight excluding hydrogens is 528 g/mol. The van der Waals surface area contributed by atoms with Crippen LogP contribution in [0, 0.1) is 0 Å². The monoisotopic (exact) mass is 568 g/mol. The van der Waals surface area contributed by atoms with Crippen LogP contribution in [0.2, 0.25) is 0 Å². The van der Waals surface area contributed by atoms with Gasteiger partial charge in [-0.3, -0.25) is 9.80 Å². The highest BCUT2D eigenvalue weighted by molar-refractivity contribution is 7.89. The van der Waals surface area contributed by atoms with Crippen LogP contribution in [0.15, 0.2) is 70.8 Å². The summed E-state index contributed by atoms with van der Waals surface area (Å²) in [4.78, 5) is 30.3. The van der Waals surface area contributed by atoms with Crippen LogP contribution in [0.3, 0.4) is 0 Å². The average molecular weight is 569 g/mol. The summed E-state index contributed by atoms with van der Waals surface area (Å²) in [6.45, 7) is 10.5. The van der Waals surface area contributed by atoms with Crippen LogP contribution in [0.5, 0.6) is 0 Å².